The minimum absolute atomic E-state index is 0.0420. The molecule has 0 atom stereocenters. The molecule has 0 saturated carbocycles. The lowest BCUT2D eigenvalue weighted by Gasteiger charge is -2.17. The van der Waals surface area contributed by atoms with E-state index in [1.807, 2.05) is 0 Å². The fourth-order valence-electron chi connectivity index (χ4n) is 2.98. The molecule has 0 aromatic heterocycles. The number of rotatable bonds is 6. The summed E-state index contributed by atoms with van der Waals surface area (Å²) in [4.78, 5) is 49.7. The summed E-state index contributed by atoms with van der Waals surface area (Å²) >= 11 is 6.09. The number of anilines is 1. The Morgan fingerprint density at radius 3 is 2.26 bits per heavy atom. The summed E-state index contributed by atoms with van der Waals surface area (Å²) in [7, 11) is 2.24. The topological polar surface area (TPSA) is 122 Å². The molecule has 9 nitrogen and oxygen atoms in total. The molecule has 0 radical (unpaired) electrons. The number of ether oxygens (including phenoxy) is 2. The highest BCUT2D eigenvalue weighted by Crippen LogP contribution is 2.35. The van der Waals surface area contributed by atoms with Crippen LogP contribution in [-0.4, -0.2) is 48.0 Å². The molecule has 1 aliphatic heterocycles. The summed E-state index contributed by atoms with van der Waals surface area (Å²) in [5.41, 5.74) is 0.620. The molecule has 0 aliphatic carbocycles. The van der Waals surface area contributed by atoms with Gasteiger partial charge in [-0.15, -0.1) is 0 Å². The van der Waals surface area contributed by atoms with Gasteiger partial charge in [-0.05, 0) is 29.8 Å². The summed E-state index contributed by atoms with van der Waals surface area (Å²) < 4.78 is 9.11. The molecule has 0 fully saturated rings. The van der Waals surface area contributed by atoms with Crippen LogP contribution in [-0.2, 0) is 25.6 Å². The van der Waals surface area contributed by atoms with E-state index in [9.17, 15) is 24.3 Å². The summed E-state index contributed by atoms with van der Waals surface area (Å²) in [5.74, 6) is -3.06. The largest absolute Gasteiger partial charge is 0.504 e. The number of fused-ring (bicyclic) bond motifs is 1. The quantitative estimate of drug-likeness (QED) is 0.301. The van der Waals surface area contributed by atoms with Gasteiger partial charge in [0, 0.05) is 0 Å². The molecule has 10 heteroatoms. The number of carbonyl (C=O) groups is 4. The first-order chi connectivity index (χ1) is 14.8. The molecular formula is C21H17ClN2O7. The van der Waals surface area contributed by atoms with E-state index in [4.69, 9.17) is 11.6 Å². The number of phenols is 1. The Morgan fingerprint density at radius 2 is 1.71 bits per heavy atom. The first kappa shape index (κ1) is 21.8. The average molecular weight is 445 g/mol. The maximum Gasteiger partial charge on any atom is 0.354 e. The van der Waals surface area contributed by atoms with Crippen LogP contribution in [0, 0.1) is 0 Å². The lowest BCUT2D eigenvalue weighted by Crippen LogP contribution is -2.29. The second-order valence-corrected chi connectivity index (χ2v) is 6.82. The molecule has 0 spiro atoms. The number of hydrogen-bond acceptors (Lipinski definition) is 8. The highest BCUT2D eigenvalue weighted by molar-refractivity contribution is 6.32. The van der Waals surface area contributed by atoms with Crippen molar-refractivity contribution in [1.29, 1.82) is 0 Å². The second-order valence-electron chi connectivity index (χ2n) is 6.41. The minimum Gasteiger partial charge on any atom is -0.504 e. The molecule has 2 aromatic carbocycles. The van der Waals surface area contributed by atoms with E-state index < -0.39 is 29.5 Å². The molecule has 3 rings (SSSR count). The zero-order chi connectivity index (χ0) is 22.7. The maximum absolute atomic E-state index is 12.6. The van der Waals surface area contributed by atoms with Crippen molar-refractivity contribution in [2.24, 2.45) is 0 Å². The lowest BCUT2D eigenvalue weighted by atomic mass is 10.1. The van der Waals surface area contributed by atoms with Crippen molar-refractivity contribution in [3.05, 3.63) is 69.9 Å². The summed E-state index contributed by atoms with van der Waals surface area (Å²) in [6, 6.07) is 9.22. The standard InChI is InChI=1S/C21H17ClN2O7/c1-30-17(25)9-16(21(29)31-2)23-15-8-11(7-14(22)18(15)26)10-24-19(27)12-5-3-4-6-13(12)20(24)28/h3-9,23,26H,10H2,1-2H3/b16-9+. The van der Waals surface area contributed by atoms with Gasteiger partial charge in [0.15, 0.2) is 5.75 Å². The number of nitrogens with zero attached hydrogens (tertiary/aromatic N) is 1. The van der Waals surface area contributed by atoms with E-state index in [0.717, 1.165) is 25.2 Å². The third kappa shape index (κ3) is 4.36. The van der Waals surface area contributed by atoms with Gasteiger partial charge in [0.25, 0.3) is 11.8 Å². The number of phenolic OH excluding ortho intramolecular Hbond substituents is 1. The van der Waals surface area contributed by atoms with E-state index >= 15 is 0 Å². The van der Waals surface area contributed by atoms with Gasteiger partial charge in [-0.25, -0.2) is 9.59 Å². The predicted octanol–water partition coefficient (Wildman–Crippen LogP) is 2.48. The highest BCUT2D eigenvalue weighted by atomic mass is 35.5. The Balaban J connectivity index is 1.92. The Morgan fingerprint density at radius 1 is 1.10 bits per heavy atom. The lowest BCUT2D eigenvalue weighted by molar-refractivity contribution is -0.138. The molecule has 31 heavy (non-hydrogen) atoms. The monoisotopic (exact) mass is 444 g/mol. The Kier molecular flexibility index (Phi) is 6.26. The smallest absolute Gasteiger partial charge is 0.354 e. The molecule has 2 N–H and O–H groups in total. The van der Waals surface area contributed by atoms with E-state index in [-0.39, 0.29) is 23.0 Å². The molecule has 2 aromatic rings. The molecular weight excluding hydrogens is 428 g/mol. The molecule has 0 bridgehead atoms. The first-order valence-electron chi connectivity index (χ1n) is 8.88. The highest BCUT2D eigenvalue weighted by Gasteiger charge is 2.35. The van der Waals surface area contributed by atoms with Gasteiger partial charge in [0.2, 0.25) is 0 Å². The van der Waals surface area contributed by atoms with Crippen LogP contribution in [0.5, 0.6) is 5.75 Å². The van der Waals surface area contributed by atoms with E-state index in [0.29, 0.717) is 16.7 Å². The van der Waals surface area contributed by atoms with E-state index in [1.165, 1.54) is 12.1 Å². The third-order valence-corrected chi connectivity index (χ3v) is 4.77. The van der Waals surface area contributed by atoms with Gasteiger partial charge < -0.3 is 19.9 Å². The van der Waals surface area contributed by atoms with Crippen LogP contribution in [0.25, 0.3) is 0 Å². The first-order valence-corrected chi connectivity index (χ1v) is 9.26. The molecule has 1 aliphatic rings. The molecule has 2 amide bonds. The number of benzene rings is 2. The van der Waals surface area contributed by atoms with Crippen LogP contribution in [0.2, 0.25) is 5.02 Å². The number of methoxy groups -OCH3 is 2. The van der Waals surface area contributed by atoms with E-state index in [1.54, 1.807) is 24.3 Å². The Hall–Kier alpha value is -3.85. The van der Waals surface area contributed by atoms with Crippen LogP contribution in [0.1, 0.15) is 26.3 Å². The van der Waals surface area contributed by atoms with Crippen molar-refractivity contribution < 1.29 is 33.8 Å². The number of hydrogen-bond donors (Lipinski definition) is 2. The molecule has 160 valence electrons. The summed E-state index contributed by atoms with van der Waals surface area (Å²) in [5, 5.41) is 12.8. The van der Waals surface area contributed by atoms with Crippen molar-refractivity contribution in [2.75, 3.05) is 19.5 Å². The van der Waals surface area contributed by atoms with Crippen molar-refractivity contribution in [3.8, 4) is 5.75 Å². The van der Waals surface area contributed by atoms with Gasteiger partial charge in [-0.3, -0.25) is 14.5 Å². The fourth-order valence-corrected chi connectivity index (χ4v) is 3.23. The van der Waals surface area contributed by atoms with Crippen LogP contribution >= 0.6 is 11.6 Å². The van der Waals surface area contributed by atoms with Crippen molar-refractivity contribution in [2.45, 2.75) is 6.54 Å². The van der Waals surface area contributed by atoms with Gasteiger partial charge in [0.1, 0.15) is 5.70 Å². The Labute approximate surface area is 181 Å². The average Bonchev–Trinajstić information content (AvgIpc) is 3.00. The van der Waals surface area contributed by atoms with Gasteiger partial charge >= 0.3 is 11.9 Å². The van der Waals surface area contributed by atoms with Crippen molar-refractivity contribution in [1.82, 2.24) is 4.90 Å². The zero-order valence-electron chi connectivity index (χ0n) is 16.5. The molecule has 0 saturated heterocycles. The predicted molar refractivity (Wildman–Crippen MR) is 110 cm³/mol. The van der Waals surface area contributed by atoms with Crippen molar-refractivity contribution in [3.63, 3.8) is 0 Å². The number of carbonyl (C=O) groups excluding carboxylic acids is 4. The van der Waals surface area contributed by atoms with Crippen molar-refractivity contribution >= 4 is 41.0 Å². The van der Waals surface area contributed by atoms with Gasteiger partial charge in [-0.2, -0.15) is 0 Å². The van der Waals surface area contributed by atoms with Crippen LogP contribution < -0.4 is 5.32 Å². The van der Waals surface area contributed by atoms with Crippen LogP contribution in [0.3, 0.4) is 0 Å². The van der Waals surface area contributed by atoms with Crippen LogP contribution in [0.4, 0.5) is 5.69 Å². The number of halogens is 1. The second kappa shape index (κ2) is 8.88. The summed E-state index contributed by atoms with van der Waals surface area (Å²) in [6.45, 7) is -0.130. The summed E-state index contributed by atoms with van der Waals surface area (Å²) in [6.07, 6.45) is 0.843. The minimum atomic E-state index is -0.897. The maximum atomic E-state index is 12.6. The number of amides is 2. The van der Waals surface area contributed by atoms with Gasteiger partial charge in [0.05, 0.1) is 48.7 Å². The zero-order valence-corrected chi connectivity index (χ0v) is 17.2. The number of aromatic hydroxyl groups is 1. The number of imide groups is 1. The van der Waals surface area contributed by atoms with E-state index in [2.05, 4.69) is 14.8 Å². The normalized spacial score (nSPS) is 13.1. The Bertz CT molecular complexity index is 1090. The SMILES string of the molecule is COC(=O)/C=C(/Nc1cc(CN2C(=O)c3ccccc3C2=O)cc(Cl)c1O)C(=O)OC. The number of esters is 2. The molecule has 1 heterocycles. The number of nitrogens with one attached hydrogen (secondary N) is 1. The van der Waals surface area contributed by atoms with Gasteiger partial charge in [-0.1, -0.05) is 23.7 Å². The van der Waals surface area contributed by atoms with Crippen LogP contribution in [0.15, 0.2) is 48.2 Å². The third-order valence-electron chi connectivity index (χ3n) is 4.48. The molecule has 0 unspecified atom stereocenters. The fraction of sp³-hybridized carbons (Fsp3) is 0.143.